The van der Waals surface area contributed by atoms with E-state index in [9.17, 15) is 4.79 Å². The van der Waals surface area contributed by atoms with Crippen LogP contribution in [0.3, 0.4) is 0 Å². The maximum Gasteiger partial charge on any atom is 0.256 e. The normalized spacial score (nSPS) is 10.9. The Morgan fingerprint density at radius 1 is 1.43 bits per heavy atom. The van der Waals surface area contributed by atoms with E-state index >= 15 is 0 Å². The zero-order valence-corrected chi connectivity index (χ0v) is 8.95. The number of rotatable bonds is 3. The van der Waals surface area contributed by atoms with Gasteiger partial charge in [-0.3, -0.25) is 4.79 Å². The molecule has 78 valence electrons. The summed E-state index contributed by atoms with van der Waals surface area (Å²) in [5, 5.41) is 8.95. The van der Waals surface area contributed by atoms with E-state index < -0.39 is 0 Å². The van der Waals surface area contributed by atoms with Crippen molar-refractivity contribution < 1.29 is 5.11 Å². The standard InChI is InChI=1S/C11H17NO2/c1-8(2)6-12-9(3)4-5-10(7-13)11(12)14/h4-5,8,13H,6-7H2,1-3H3. The lowest BCUT2D eigenvalue weighted by atomic mass is 10.2. The molecule has 1 rings (SSSR count). The molecule has 0 radical (unpaired) electrons. The third kappa shape index (κ3) is 2.23. The van der Waals surface area contributed by atoms with Crippen molar-refractivity contribution in [2.75, 3.05) is 0 Å². The maximum absolute atomic E-state index is 11.8. The average molecular weight is 195 g/mol. The first-order valence-electron chi connectivity index (χ1n) is 4.86. The van der Waals surface area contributed by atoms with Gasteiger partial charge in [0.2, 0.25) is 0 Å². The predicted octanol–water partition coefficient (Wildman–Crippen LogP) is 1.31. The second-order valence-corrected chi connectivity index (χ2v) is 3.97. The Kier molecular flexibility index (Phi) is 3.47. The summed E-state index contributed by atoms with van der Waals surface area (Å²) in [6.45, 7) is 6.57. The van der Waals surface area contributed by atoms with Crippen molar-refractivity contribution in [2.24, 2.45) is 5.92 Å². The number of hydrogen-bond donors (Lipinski definition) is 1. The van der Waals surface area contributed by atoms with Gasteiger partial charge >= 0.3 is 0 Å². The van der Waals surface area contributed by atoms with Crippen LogP contribution in [0.1, 0.15) is 25.1 Å². The van der Waals surface area contributed by atoms with E-state index in [4.69, 9.17) is 5.11 Å². The summed E-state index contributed by atoms with van der Waals surface area (Å²) in [5.74, 6) is 0.431. The molecule has 0 aromatic carbocycles. The molecular weight excluding hydrogens is 178 g/mol. The van der Waals surface area contributed by atoms with Crippen LogP contribution in [-0.2, 0) is 13.2 Å². The molecule has 0 aliphatic heterocycles. The molecule has 14 heavy (non-hydrogen) atoms. The number of aryl methyl sites for hydroxylation is 1. The molecule has 0 aliphatic rings. The molecule has 1 aromatic heterocycles. The molecule has 0 amide bonds. The second-order valence-electron chi connectivity index (χ2n) is 3.97. The molecule has 0 bridgehead atoms. The van der Waals surface area contributed by atoms with Crippen molar-refractivity contribution in [3.05, 3.63) is 33.7 Å². The molecule has 0 aliphatic carbocycles. The topological polar surface area (TPSA) is 42.2 Å². The van der Waals surface area contributed by atoms with Gasteiger partial charge in [0.1, 0.15) is 0 Å². The Morgan fingerprint density at radius 2 is 2.07 bits per heavy atom. The summed E-state index contributed by atoms with van der Waals surface area (Å²) in [4.78, 5) is 11.8. The molecule has 0 spiro atoms. The van der Waals surface area contributed by atoms with E-state index in [1.54, 1.807) is 10.6 Å². The van der Waals surface area contributed by atoms with Gasteiger partial charge in [-0.15, -0.1) is 0 Å². The van der Waals surface area contributed by atoms with E-state index in [1.165, 1.54) is 0 Å². The quantitative estimate of drug-likeness (QED) is 0.790. The molecule has 3 heteroatoms. The van der Waals surface area contributed by atoms with E-state index in [0.717, 1.165) is 5.69 Å². The SMILES string of the molecule is Cc1ccc(CO)c(=O)n1CC(C)C. The van der Waals surface area contributed by atoms with Crippen LogP contribution in [0.25, 0.3) is 0 Å². The lowest BCUT2D eigenvalue weighted by Gasteiger charge is -2.13. The Bertz CT molecular complexity index is 366. The predicted molar refractivity (Wildman–Crippen MR) is 56.2 cm³/mol. The fourth-order valence-corrected chi connectivity index (χ4v) is 1.43. The van der Waals surface area contributed by atoms with Gasteiger partial charge in [0.25, 0.3) is 5.56 Å². The van der Waals surface area contributed by atoms with Gasteiger partial charge in [0.15, 0.2) is 0 Å². The fraction of sp³-hybridized carbons (Fsp3) is 0.545. The van der Waals surface area contributed by atoms with Crippen molar-refractivity contribution in [3.8, 4) is 0 Å². The minimum absolute atomic E-state index is 0.0683. The Balaban J connectivity index is 3.19. The lowest BCUT2D eigenvalue weighted by molar-refractivity contribution is 0.278. The first-order valence-corrected chi connectivity index (χ1v) is 4.86. The number of aliphatic hydroxyl groups is 1. The van der Waals surface area contributed by atoms with Crippen molar-refractivity contribution in [3.63, 3.8) is 0 Å². The molecule has 0 atom stereocenters. The third-order valence-corrected chi connectivity index (χ3v) is 2.19. The molecule has 0 fully saturated rings. The number of aliphatic hydroxyl groups excluding tert-OH is 1. The van der Waals surface area contributed by atoms with Gasteiger partial charge < -0.3 is 9.67 Å². The second kappa shape index (κ2) is 4.42. The van der Waals surface area contributed by atoms with Crippen molar-refractivity contribution in [2.45, 2.75) is 33.9 Å². The molecule has 0 saturated carbocycles. The fourth-order valence-electron chi connectivity index (χ4n) is 1.43. The Labute approximate surface area is 84.0 Å². The highest BCUT2D eigenvalue weighted by molar-refractivity contribution is 5.14. The molecule has 0 saturated heterocycles. The van der Waals surface area contributed by atoms with Crippen LogP contribution in [0.2, 0.25) is 0 Å². The van der Waals surface area contributed by atoms with Crippen molar-refractivity contribution in [1.82, 2.24) is 4.57 Å². The van der Waals surface area contributed by atoms with Gasteiger partial charge in [0.05, 0.1) is 6.61 Å². The van der Waals surface area contributed by atoms with Gasteiger partial charge in [-0.25, -0.2) is 0 Å². The summed E-state index contributed by atoms with van der Waals surface area (Å²) < 4.78 is 1.72. The van der Waals surface area contributed by atoms with Crippen LogP contribution in [0.15, 0.2) is 16.9 Å². The van der Waals surface area contributed by atoms with E-state index in [1.807, 2.05) is 13.0 Å². The molecule has 1 N–H and O–H groups in total. The summed E-state index contributed by atoms with van der Waals surface area (Å²) in [7, 11) is 0. The minimum atomic E-state index is -0.183. The van der Waals surface area contributed by atoms with Crippen LogP contribution in [0.4, 0.5) is 0 Å². The van der Waals surface area contributed by atoms with Crippen LogP contribution in [0, 0.1) is 12.8 Å². The zero-order valence-electron chi connectivity index (χ0n) is 8.95. The van der Waals surface area contributed by atoms with Gasteiger partial charge in [-0.1, -0.05) is 13.8 Å². The number of hydrogen-bond acceptors (Lipinski definition) is 2. The van der Waals surface area contributed by atoms with E-state index in [2.05, 4.69) is 13.8 Å². The molecule has 1 heterocycles. The van der Waals surface area contributed by atoms with Gasteiger partial charge in [-0.2, -0.15) is 0 Å². The highest BCUT2D eigenvalue weighted by atomic mass is 16.3. The van der Waals surface area contributed by atoms with Gasteiger partial charge in [0, 0.05) is 17.8 Å². The van der Waals surface area contributed by atoms with E-state index in [0.29, 0.717) is 18.0 Å². The lowest BCUT2D eigenvalue weighted by Crippen LogP contribution is -2.27. The average Bonchev–Trinajstić information content (AvgIpc) is 2.12. The van der Waals surface area contributed by atoms with Crippen LogP contribution < -0.4 is 5.56 Å². The molecule has 0 unspecified atom stereocenters. The summed E-state index contributed by atoms with van der Waals surface area (Å²) in [6, 6.07) is 3.56. The van der Waals surface area contributed by atoms with Crippen LogP contribution in [0.5, 0.6) is 0 Å². The highest BCUT2D eigenvalue weighted by Gasteiger charge is 2.06. The monoisotopic (exact) mass is 195 g/mol. The summed E-state index contributed by atoms with van der Waals surface area (Å²) in [5.41, 5.74) is 1.35. The van der Waals surface area contributed by atoms with E-state index in [-0.39, 0.29) is 12.2 Å². The van der Waals surface area contributed by atoms with Crippen molar-refractivity contribution in [1.29, 1.82) is 0 Å². The minimum Gasteiger partial charge on any atom is -0.391 e. The third-order valence-electron chi connectivity index (χ3n) is 2.19. The largest absolute Gasteiger partial charge is 0.391 e. The van der Waals surface area contributed by atoms with Crippen LogP contribution >= 0.6 is 0 Å². The number of aromatic nitrogens is 1. The van der Waals surface area contributed by atoms with Crippen LogP contribution in [-0.4, -0.2) is 9.67 Å². The molecule has 1 aromatic rings. The molecular formula is C11H17NO2. The first-order chi connectivity index (χ1) is 6.56. The number of pyridine rings is 1. The maximum atomic E-state index is 11.8. The Morgan fingerprint density at radius 3 is 2.57 bits per heavy atom. The zero-order chi connectivity index (χ0) is 10.7. The summed E-state index contributed by atoms with van der Waals surface area (Å²) in [6.07, 6.45) is 0. The van der Waals surface area contributed by atoms with Crippen molar-refractivity contribution >= 4 is 0 Å². The van der Waals surface area contributed by atoms with Gasteiger partial charge in [-0.05, 0) is 25.0 Å². The number of nitrogens with zero attached hydrogens (tertiary/aromatic N) is 1. The molecule has 3 nitrogen and oxygen atoms in total. The highest BCUT2D eigenvalue weighted by Crippen LogP contribution is 2.02. The Hall–Kier alpha value is -1.09. The smallest absolute Gasteiger partial charge is 0.256 e. The first kappa shape index (κ1) is 11.0. The summed E-state index contributed by atoms with van der Waals surface area (Å²) >= 11 is 0.